The summed E-state index contributed by atoms with van der Waals surface area (Å²) in [4.78, 5) is 12.2. The molecule has 31 heavy (non-hydrogen) atoms. The first-order chi connectivity index (χ1) is 14.8. The lowest BCUT2D eigenvalue weighted by atomic mass is 9.86. The van der Waals surface area contributed by atoms with Crippen LogP contribution in [0.4, 0.5) is 5.69 Å². The number of benzene rings is 1. The summed E-state index contributed by atoms with van der Waals surface area (Å²) in [7, 11) is 0. The van der Waals surface area contributed by atoms with Crippen molar-refractivity contribution in [3.8, 4) is 5.75 Å². The van der Waals surface area contributed by atoms with E-state index < -0.39 is 0 Å². The number of anilines is 1. The van der Waals surface area contributed by atoms with Crippen molar-refractivity contribution in [2.75, 3.05) is 5.32 Å². The molecule has 1 aromatic carbocycles. The molecule has 0 aliphatic heterocycles. The van der Waals surface area contributed by atoms with Gasteiger partial charge in [0.05, 0.1) is 0 Å². The molecule has 2 N–H and O–H groups in total. The van der Waals surface area contributed by atoms with Crippen LogP contribution in [0.3, 0.4) is 0 Å². The van der Waals surface area contributed by atoms with Crippen molar-refractivity contribution in [2.45, 2.75) is 123 Å². The molecule has 0 fully saturated rings. The van der Waals surface area contributed by atoms with Gasteiger partial charge >= 0.3 is 0 Å². The molecule has 0 aliphatic carbocycles. The van der Waals surface area contributed by atoms with E-state index in [1.165, 1.54) is 70.6 Å². The van der Waals surface area contributed by atoms with Gasteiger partial charge in [-0.2, -0.15) is 0 Å². The Hall–Kier alpha value is -1.77. The first-order valence-electron chi connectivity index (χ1n) is 12.6. The molecular formula is C28H47NO2. The minimum Gasteiger partial charge on any atom is -0.508 e. The van der Waals surface area contributed by atoms with E-state index >= 15 is 0 Å². The molecule has 1 rings (SSSR count). The Labute approximate surface area is 191 Å². The number of amides is 1. The Bertz CT molecular complexity index is 643. The lowest BCUT2D eigenvalue weighted by molar-refractivity contribution is -0.116. The summed E-state index contributed by atoms with van der Waals surface area (Å²) in [5, 5.41) is 13.0. The summed E-state index contributed by atoms with van der Waals surface area (Å²) in [6, 6.07) is 5.31. The van der Waals surface area contributed by atoms with Gasteiger partial charge in [-0.3, -0.25) is 4.79 Å². The fraction of sp³-hybridized carbons (Fsp3) is 0.679. The number of nitrogens with one attached hydrogen (secondary N) is 1. The van der Waals surface area contributed by atoms with Crippen LogP contribution >= 0.6 is 0 Å². The van der Waals surface area contributed by atoms with Crippen LogP contribution in [-0.2, 0) is 10.2 Å². The number of carbonyl (C=O) groups is 1. The van der Waals surface area contributed by atoms with Crippen LogP contribution in [-0.4, -0.2) is 11.0 Å². The average Bonchev–Trinajstić information content (AvgIpc) is 2.71. The second-order valence-corrected chi connectivity index (χ2v) is 9.86. The van der Waals surface area contributed by atoms with E-state index in [1.54, 1.807) is 12.1 Å². The molecule has 0 aliphatic rings. The van der Waals surface area contributed by atoms with Gasteiger partial charge in [-0.25, -0.2) is 0 Å². The lowest BCUT2D eigenvalue weighted by Gasteiger charge is -2.21. The van der Waals surface area contributed by atoms with Crippen LogP contribution < -0.4 is 5.32 Å². The van der Waals surface area contributed by atoms with Crippen molar-refractivity contribution in [2.24, 2.45) is 0 Å². The summed E-state index contributed by atoms with van der Waals surface area (Å²) in [5.41, 5.74) is 1.46. The van der Waals surface area contributed by atoms with Gasteiger partial charge in [-0.1, -0.05) is 91.2 Å². The molecule has 0 saturated carbocycles. The number of aromatic hydroxyl groups is 1. The molecule has 0 radical (unpaired) electrons. The van der Waals surface area contributed by atoms with E-state index in [9.17, 15) is 9.90 Å². The van der Waals surface area contributed by atoms with Crippen LogP contribution in [0.1, 0.15) is 123 Å². The third-order valence-corrected chi connectivity index (χ3v) is 5.75. The second-order valence-electron chi connectivity index (χ2n) is 9.86. The van der Waals surface area contributed by atoms with E-state index in [2.05, 4.69) is 45.2 Å². The minimum atomic E-state index is -0.158. The summed E-state index contributed by atoms with van der Waals surface area (Å²) in [6.45, 7) is 8.43. The van der Waals surface area contributed by atoms with Gasteiger partial charge < -0.3 is 10.4 Å². The highest BCUT2D eigenvalue weighted by atomic mass is 16.3. The van der Waals surface area contributed by atoms with Gasteiger partial charge in [0, 0.05) is 17.7 Å². The largest absolute Gasteiger partial charge is 0.508 e. The number of carbonyl (C=O) groups excluding carboxylic acids is 1. The molecule has 0 unspecified atom stereocenters. The molecule has 0 heterocycles. The highest BCUT2D eigenvalue weighted by molar-refractivity contribution is 5.90. The van der Waals surface area contributed by atoms with Crippen LogP contribution in [0.5, 0.6) is 5.75 Å². The van der Waals surface area contributed by atoms with Crippen LogP contribution in [0.2, 0.25) is 0 Å². The molecular weight excluding hydrogens is 382 g/mol. The third kappa shape index (κ3) is 13.3. The van der Waals surface area contributed by atoms with Gasteiger partial charge in [0.1, 0.15) is 5.75 Å². The standard InChI is InChI=1S/C28H47NO2/c1-5-6-7-8-9-10-11-12-13-14-15-16-17-18-19-20-27(31)29-24-21-22-26(30)25(23-24)28(2,3)4/h12-13,21-23,30H,5-11,14-20H2,1-4H3,(H,29,31)/b13-12-. The molecule has 0 aromatic heterocycles. The number of phenolic OH excluding ortho intramolecular Hbond substituents is 1. The summed E-state index contributed by atoms with van der Waals surface area (Å²) >= 11 is 0. The maximum atomic E-state index is 12.2. The molecule has 3 nitrogen and oxygen atoms in total. The van der Waals surface area contributed by atoms with Gasteiger partial charge in [0.25, 0.3) is 0 Å². The number of hydrogen-bond donors (Lipinski definition) is 2. The summed E-state index contributed by atoms with van der Waals surface area (Å²) < 4.78 is 0. The molecule has 0 spiro atoms. The number of allylic oxidation sites excluding steroid dienone is 2. The summed E-state index contributed by atoms with van der Waals surface area (Å²) in [6.07, 6.45) is 21.7. The van der Waals surface area contributed by atoms with E-state index in [-0.39, 0.29) is 17.1 Å². The lowest BCUT2D eigenvalue weighted by Crippen LogP contribution is -2.14. The van der Waals surface area contributed by atoms with Crippen molar-refractivity contribution in [3.05, 3.63) is 35.9 Å². The van der Waals surface area contributed by atoms with E-state index in [0.717, 1.165) is 24.1 Å². The van der Waals surface area contributed by atoms with E-state index in [0.29, 0.717) is 6.42 Å². The minimum absolute atomic E-state index is 0.0585. The van der Waals surface area contributed by atoms with Crippen LogP contribution in [0.15, 0.2) is 30.4 Å². The highest BCUT2D eigenvalue weighted by Crippen LogP contribution is 2.32. The predicted octanol–water partition coefficient (Wildman–Crippen LogP) is 8.67. The zero-order chi connectivity index (χ0) is 23.0. The van der Waals surface area contributed by atoms with Crippen molar-refractivity contribution < 1.29 is 9.90 Å². The Morgan fingerprint density at radius 2 is 1.42 bits per heavy atom. The normalized spacial score (nSPS) is 11.9. The quantitative estimate of drug-likeness (QED) is 0.157. The molecule has 3 heteroatoms. The molecule has 176 valence electrons. The SMILES string of the molecule is CCCCCCCC/C=C\CCCCCCCC(=O)Nc1ccc(O)c(C(C)(C)C)c1. The maximum Gasteiger partial charge on any atom is 0.224 e. The second kappa shape index (κ2) is 15.9. The number of phenols is 1. The fourth-order valence-electron chi connectivity index (χ4n) is 3.79. The number of rotatable bonds is 16. The highest BCUT2D eigenvalue weighted by Gasteiger charge is 2.18. The van der Waals surface area contributed by atoms with Crippen molar-refractivity contribution in [1.29, 1.82) is 0 Å². The van der Waals surface area contributed by atoms with Crippen LogP contribution in [0.25, 0.3) is 0 Å². The third-order valence-electron chi connectivity index (χ3n) is 5.75. The van der Waals surface area contributed by atoms with Crippen LogP contribution in [0, 0.1) is 0 Å². The molecule has 0 bridgehead atoms. The molecule has 0 atom stereocenters. The van der Waals surface area contributed by atoms with Crippen molar-refractivity contribution >= 4 is 11.6 Å². The van der Waals surface area contributed by atoms with Gasteiger partial charge in [-0.15, -0.1) is 0 Å². The fourth-order valence-corrected chi connectivity index (χ4v) is 3.79. The Kier molecular flexibility index (Phi) is 14.0. The first kappa shape index (κ1) is 27.3. The Morgan fingerprint density at radius 1 is 0.871 bits per heavy atom. The van der Waals surface area contributed by atoms with Gasteiger partial charge in [-0.05, 0) is 55.7 Å². The van der Waals surface area contributed by atoms with E-state index in [1.807, 2.05) is 6.07 Å². The molecule has 1 aromatic rings. The zero-order valence-corrected chi connectivity index (χ0v) is 20.6. The van der Waals surface area contributed by atoms with Gasteiger partial charge in [0.2, 0.25) is 5.91 Å². The molecule has 1 amide bonds. The monoisotopic (exact) mass is 429 g/mol. The first-order valence-corrected chi connectivity index (χ1v) is 12.6. The summed E-state index contributed by atoms with van der Waals surface area (Å²) in [5.74, 6) is 0.339. The van der Waals surface area contributed by atoms with Crippen molar-refractivity contribution in [1.82, 2.24) is 0 Å². The average molecular weight is 430 g/mol. The number of hydrogen-bond acceptors (Lipinski definition) is 2. The zero-order valence-electron chi connectivity index (χ0n) is 20.6. The topological polar surface area (TPSA) is 49.3 Å². The van der Waals surface area contributed by atoms with Gasteiger partial charge in [0.15, 0.2) is 0 Å². The number of unbranched alkanes of at least 4 members (excludes halogenated alkanes) is 11. The maximum absolute atomic E-state index is 12.2. The molecule has 0 saturated heterocycles. The smallest absolute Gasteiger partial charge is 0.224 e. The predicted molar refractivity (Wildman–Crippen MR) is 135 cm³/mol. The Morgan fingerprint density at radius 3 is 2.00 bits per heavy atom. The van der Waals surface area contributed by atoms with Crippen molar-refractivity contribution in [3.63, 3.8) is 0 Å². The Balaban J connectivity index is 2.05. The van der Waals surface area contributed by atoms with E-state index in [4.69, 9.17) is 0 Å².